The summed E-state index contributed by atoms with van der Waals surface area (Å²) in [5.74, 6) is 13.5. The molecule has 5 aliphatic rings. The summed E-state index contributed by atoms with van der Waals surface area (Å²) in [6, 6.07) is 38.6. The summed E-state index contributed by atoms with van der Waals surface area (Å²) < 4.78 is 279. The topological polar surface area (TPSA) is 46.2 Å². The highest BCUT2D eigenvalue weighted by atomic mass is 19.3. The number of rotatable bonds is 21. The maximum atomic E-state index is 13.8. The van der Waals surface area contributed by atoms with E-state index in [1.165, 1.54) is 107 Å². The van der Waals surface area contributed by atoms with E-state index in [0.717, 1.165) is 197 Å². The second kappa shape index (κ2) is 51.1. The molecule has 0 aliphatic heterocycles. The first-order valence-electron chi connectivity index (χ1n) is 45.0. The highest BCUT2D eigenvalue weighted by Crippen LogP contribution is 2.37. The minimum Gasteiger partial charge on any atom is -0.429 e. The van der Waals surface area contributed by atoms with Crippen LogP contribution in [0.25, 0.3) is 0 Å². The second-order valence-electron chi connectivity index (χ2n) is 33.6. The highest BCUT2D eigenvalue weighted by molar-refractivity contribution is 5.54. The molecule has 10 aromatic rings. The number of allylic oxidation sites excluding steroid dienone is 4. The first kappa shape index (κ1) is 104. The lowest BCUT2D eigenvalue weighted by molar-refractivity contribution is -0.0552. The lowest BCUT2D eigenvalue weighted by Crippen LogP contribution is -2.14. The van der Waals surface area contributed by atoms with Gasteiger partial charge >= 0.3 is 33.1 Å². The number of hydrogen-bond donors (Lipinski definition) is 0. The zero-order chi connectivity index (χ0) is 98.4. The van der Waals surface area contributed by atoms with Crippen molar-refractivity contribution in [1.82, 2.24) is 0 Å². The van der Waals surface area contributed by atoms with Gasteiger partial charge < -0.3 is 23.7 Å². The third-order valence-corrected chi connectivity index (χ3v) is 23.8. The van der Waals surface area contributed by atoms with Crippen LogP contribution < -0.4 is 23.7 Å². The fourth-order valence-corrected chi connectivity index (χ4v) is 17.2. The molecule has 0 fully saturated rings. The van der Waals surface area contributed by atoms with Crippen molar-refractivity contribution in [2.75, 3.05) is 0 Å². The summed E-state index contributed by atoms with van der Waals surface area (Å²) in [7, 11) is 0. The zero-order valence-corrected chi connectivity index (χ0v) is 75.3. The molecule has 0 N–H and O–H groups in total. The van der Waals surface area contributed by atoms with Gasteiger partial charge in [0.25, 0.3) is 0 Å². The molecule has 25 heteroatoms. The molecule has 137 heavy (non-hydrogen) atoms. The van der Waals surface area contributed by atoms with Gasteiger partial charge in [0.2, 0.25) is 0 Å². The summed E-state index contributed by atoms with van der Waals surface area (Å²) >= 11 is 0. The van der Waals surface area contributed by atoms with Gasteiger partial charge in [-0.25, -0.2) is 43.9 Å². The molecule has 0 saturated heterocycles. The molecule has 0 spiro atoms. The van der Waals surface area contributed by atoms with E-state index >= 15 is 0 Å². The van der Waals surface area contributed by atoms with Crippen molar-refractivity contribution in [2.24, 2.45) is 29.6 Å². The SMILES string of the molecule is C/C=C/C1CCc2cc(C#Cc3cc(F)c(OC(F)F)c(F)c3)ccc2C1.C=CC1CCc2cc(C#Cc3cc(F)c(OC(F)F)c(F)c3)ccc2C1.C=CCCC1CCc2cc(C#Cc3cc(F)c(OC(F)F)c(F)c3)ccc2C1.CCCC1CCc2cc(C#Cc3cc(F)c(OC(F)F)c(F)c3)ccc2C1.CCCCCC1CCc2cc(C#Cc3cc(F)c(OC(F)F)c(F)c3)ccc2C1. The third kappa shape index (κ3) is 31.4. The lowest BCUT2D eigenvalue weighted by atomic mass is 9.81. The largest absolute Gasteiger partial charge is 0.429 e. The smallest absolute Gasteiger partial charge is 0.387 e. The molecule has 0 heterocycles. The lowest BCUT2D eigenvalue weighted by Gasteiger charge is -2.24. The van der Waals surface area contributed by atoms with Crippen molar-refractivity contribution < 1.29 is 111 Å². The normalized spacial score (nSPS) is 15.8. The highest BCUT2D eigenvalue weighted by Gasteiger charge is 2.27. The van der Waals surface area contributed by atoms with Gasteiger partial charge in [0.15, 0.2) is 86.9 Å². The van der Waals surface area contributed by atoms with Crippen LogP contribution in [0.5, 0.6) is 28.7 Å². The number of hydrogen-bond acceptors (Lipinski definition) is 5. The van der Waals surface area contributed by atoms with Crippen molar-refractivity contribution in [1.29, 1.82) is 0 Å². The summed E-state index contributed by atoms with van der Waals surface area (Å²) in [4.78, 5) is 0. The predicted molar refractivity (Wildman–Crippen MR) is 488 cm³/mol. The van der Waals surface area contributed by atoms with Crippen LogP contribution in [-0.4, -0.2) is 33.1 Å². The quantitative estimate of drug-likeness (QED) is 0.0310. The van der Waals surface area contributed by atoms with Gasteiger partial charge in [-0.3, -0.25) is 0 Å². The van der Waals surface area contributed by atoms with Gasteiger partial charge in [-0.1, -0.05) is 166 Å². The van der Waals surface area contributed by atoms with Gasteiger partial charge in [0.05, 0.1) is 0 Å². The van der Waals surface area contributed by atoms with E-state index in [1.54, 1.807) is 0 Å². The van der Waals surface area contributed by atoms with Crippen LogP contribution in [0.15, 0.2) is 189 Å². The minimum atomic E-state index is -3.30. The average Bonchev–Trinajstić information content (AvgIpc) is 0.820. The number of benzene rings is 10. The number of aryl methyl sites for hydroxylation is 5. The molecule has 0 radical (unpaired) electrons. The molecule has 5 atom stereocenters. The Labute approximate surface area is 785 Å². The summed E-state index contributed by atoms with van der Waals surface area (Å²) in [6.07, 6.45) is 33.6. The van der Waals surface area contributed by atoms with Crippen LogP contribution in [-0.2, 0) is 64.2 Å². The van der Waals surface area contributed by atoms with Crippen molar-refractivity contribution >= 4 is 0 Å². The number of halogens is 20. The van der Waals surface area contributed by atoms with Crippen molar-refractivity contribution in [3.8, 4) is 88.0 Å². The molecule has 0 aromatic heterocycles. The van der Waals surface area contributed by atoms with Gasteiger partial charge in [0.1, 0.15) is 0 Å². The minimum absolute atomic E-state index is 0.0473. The van der Waals surface area contributed by atoms with E-state index < -0.39 is 120 Å². The molecule has 5 nitrogen and oxygen atoms in total. The molecule has 10 aromatic carbocycles. The molecule has 15 rings (SSSR count). The molecule has 0 bridgehead atoms. The van der Waals surface area contributed by atoms with Crippen LogP contribution >= 0.6 is 0 Å². The van der Waals surface area contributed by atoms with E-state index in [9.17, 15) is 87.8 Å². The van der Waals surface area contributed by atoms with E-state index in [-0.39, 0.29) is 27.8 Å². The monoisotopic (exact) mass is 1900 g/mol. The van der Waals surface area contributed by atoms with Crippen LogP contribution in [0.4, 0.5) is 87.8 Å². The number of ether oxygens (including phenoxy) is 5. The van der Waals surface area contributed by atoms with Crippen molar-refractivity contribution in [2.45, 2.75) is 202 Å². The molecule has 0 amide bonds. The standard InChI is InChI=1S/C24H24F4O.C23H20F4O.C22H20F4O.C22H18F4O.C21H16F4O/c1-2-3-4-5-16-8-10-20-13-17(9-11-19(20)12-16)6-7-18-14-21(25)23(22(26)15-18)29-24(27)28;1-2-3-4-15-7-9-19-12-16(8-10-18(19)11-15)5-6-17-13-20(24)22(21(25)14-17)28-23(26)27;2*1-2-3-14-6-8-18-11-15(7-9-17(18)10-14)4-5-16-12-19(23)21(20(24)13-16)27-22(25)26;1-2-13-5-7-17-10-14(6-8-16(17)9-13)3-4-15-11-18(22)20(19(23)12-15)26-21(24)25/h9,11,13-16,24H,2-5,8,10,12H2,1H3;2,8,10,12-15,23H,1,3-4,7,9,11H2;7,9,11-14,22H,2-3,6,8,10H2,1H3;2-3,7,9,11-14,22H,6,8,10H2,1H3;2,6,8,10-13,21H,1,5,7,9H2/b;;;3-2+;. The average molecular weight is 1900 g/mol. The Bertz CT molecular complexity index is 6160. The summed E-state index contributed by atoms with van der Waals surface area (Å²) in [5, 5.41) is 0. The second-order valence-corrected chi connectivity index (χ2v) is 33.6. The first-order valence-corrected chi connectivity index (χ1v) is 45.0. The molecule has 0 saturated carbocycles. The van der Waals surface area contributed by atoms with Crippen molar-refractivity contribution in [3.05, 3.63) is 359 Å². The number of fused-ring (bicyclic) bond motifs is 5. The van der Waals surface area contributed by atoms with E-state index in [0.29, 0.717) is 17.8 Å². The van der Waals surface area contributed by atoms with E-state index in [1.807, 2.05) is 91.9 Å². The Morgan fingerprint density at radius 1 is 0.285 bits per heavy atom. The molecule has 5 unspecified atom stereocenters. The summed E-state index contributed by atoms with van der Waals surface area (Å²) in [6.45, 7) is -2.43. The predicted octanol–water partition coefficient (Wildman–Crippen LogP) is 29.5. The van der Waals surface area contributed by atoms with Gasteiger partial charge in [-0.2, -0.15) is 43.9 Å². The Balaban J connectivity index is 0.000000164. The zero-order valence-electron chi connectivity index (χ0n) is 75.3. The maximum absolute atomic E-state index is 13.8. The molecular weight excluding hydrogens is 1810 g/mol. The molecular formula is C112H98F20O5. The molecule has 716 valence electrons. The fraction of sp³-hybridized carbons (Fsp3) is 0.321. The van der Waals surface area contributed by atoms with E-state index in [2.05, 4.69) is 140 Å². The first-order chi connectivity index (χ1) is 65.8. The fourth-order valence-electron chi connectivity index (χ4n) is 17.2. The Hall–Kier alpha value is -13.2. The van der Waals surface area contributed by atoms with Gasteiger partial charge in [0, 0.05) is 55.6 Å². The van der Waals surface area contributed by atoms with Crippen LogP contribution in [0.2, 0.25) is 0 Å². The number of alkyl halides is 10. The van der Waals surface area contributed by atoms with Crippen LogP contribution in [0, 0.1) is 147 Å². The van der Waals surface area contributed by atoms with Gasteiger partial charge in [-0.15, -0.1) is 13.2 Å². The van der Waals surface area contributed by atoms with Crippen molar-refractivity contribution in [3.63, 3.8) is 0 Å². The van der Waals surface area contributed by atoms with Gasteiger partial charge in [-0.05, 0) is 323 Å². The van der Waals surface area contributed by atoms with Crippen LogP contribution in [0.1, 0.15) is 216 Å². The maximum Gasteiger partial charge on any atom is 0.387 e. The Kier molecular flexibility index (Phi) is 38.9. The Morgan fingerprint density at radius 2 is 0.526 bits per heavy atom. The molecule has 5 aliphatic carbocycles. The summed E-state index contributed by atoms with van der Waals surface area (Å²) in [5.41, 5.74) is 16.8. The Morgan fingerprint density at radius 3 is 0.774 bits per heavy atom. The van der Waals surface area contributed by atoms with E-state index in [4.69, 9.17) is 0 Å². The number of unbranched alkanes of at least 4 members (excludes halogenated alkanes) is 2. The third-order valence-electron chi connectivity index (χ3n) is 23.8. The van der Waals surface area contributed by atoms with Crippen LogP contribution in [0.3, 0.4) is 0 Å².